The normalized spacial score (nSPS) is 15.1. The summed E-state index contributed by atoms with van der Waals surface area (Å²) >= 11 is -94.4. The molecule has 0 saturated carbocycles. The summed E-state index contributed by atoms with van der Waals surface area (Å²) in [7, 11) is -7.91. The quantitative estimate of drug-likeness (QED) is 0.0603. The summed E-state index contributed by atoms with van der Waals surface area (Å²) in [6, 6.07) is 0. The molecular weight excluding hydrogens is 1900 g/mol. The van der Waals surface area contributed by atoms with Crippen molar-refractivity contribution in [1.82, 2.24) is 0 Å². The van der Waals surface area contributed by atoms with Crippen molar-refractivity contribution in [3.05, 3.63) is 0 Å². The monoisotopic (exact) mass is 1930 g/mol. The van der Waals surface area contributed by atoms with Crippen LogP contribution in [-0.4, -0.2) is 11.3 Å². The molecule has 3 N–H and O–H groups in total. The van der Waals surface area contributed by atoms with Crippen molar-refractivity contribution < 1.29 is 346 Å². The Hall–Kier alpha value is 3.41. The van der Waals surface area contributed by atoms with Gasteiger partial charge in [0.05, 0.1) is 0 Å². The molecule has 55 heteroatoms. The van der Waals surface area contributed by atoms with Crippen molar-refractivity contribution in [3.8, 4) is 0 Å². The van der Waals surface area contributed by atoms with Crippen LogP contribution in [0, 0.1) is 0 Å². The van der Waals surface area contributed by atoms with Gasteiger partial charge in [0.2, 0.25) is 0 Å². The third kappa shape index (κ3) is 31.0. The van der Waals surface area contributed by atoms with E-state index < -0.39 is 209 Å². The van der Waals surface area contributed by atoms with Gasteiger partial charge in [0, 0.05) is 0 Å². The molecule has 41 nitrogen and oxygen atoms in total. The first-order valence-corrected chi connectivity index (χ1v) is 50.3. The van der Waals surface area contributed by atoms with Gasteiger partial charge in [-0.25, -0.2) is 0 Å². The first-order chi connectivity index (χ1) is 23.5. The van der Waals surface area contributed by atoms with Crippen LogP contribution in [0.2, 0.25) is 0 Å². The number of hydrogen-bond acceptors (Lipinski definition) is 38. The Morgan fingerprint density at radius 2 is 0.400 bits per heavy atom. The Morgan fingerprint density at radius 1 is 0.273 bits per heavy atom. The van der Waals surface area contributed by atoms with Crippen LogP contribution in [0.5, 0.6) is 0 Å². The predicted octanol–water partition coefficient (Wildman–Crippen LogP) is -4.75. The van der Waals surface area contributed by atoms with Crippen molar-refractivity contribution in [1.29, 1.82) is 0 Å². The van der Waals surface area contributed by atoms with Crippen molar-refractivity contribution in [3.63, 3.8) is 0 Å². The zero-order chi connectivity index (χ0) is 45.0. The van der Waals surface area contributed by atoms with E-state index in [1.165, 1.54) is 0 Å². The fraction of sp³-hybridized carbons (Fsp3) is 0. The van der Waals surface area contributed by atoms with Gasteiger partial charge >= 0.3 is 354 Å². The average molecular weight is 1900 g/mol. The molecule has 0 rings (SSSR count). The van der Waals surface area contributed by atoms with E-state index in [4.69, 9.17) is 15.1 Å². The third-order valence-electron chi connectivity index (χ3n) is 2.06. The molecule has 337 valence electrons. The Bertz CT molecular complexity index is 2530. The van der Waals surface area contributed by atoms with Crippen LogP contribution in [0.25, 0.3) is 0 Å². The van der Waals surface area contributed by atoms with E-state index in [1.807, 2.05) is 0 Å². The minimum absolute atomic E-state index is 2.85. The number of hydrogen-bond donors (Lipinski definition) is 3. The van der Waals surface area contributed by atoms with Gasteiger partial charge in [-0.1, -0.05) is 0 Å². The molecule has 55 heavy (non-hydrogen) atoms. The molecule has 0 unspecified atom stereocenters. The zero-order valence-electron chi connectivity index (χ0n) is 22.5. The Balaban J connectivity index is 0. The SMILES string of the molecule is O=P([O][Mo](=[O])(=[O])[O][Mo](=[O])(=[O])[O][Mo](=[O])(=[O])[O][Mo](=[O])(=[O])[OH])([O][Mo](=[O])(=[O])[O][Mo](=[O])(=[O])[O][Mo](=[O])(=[O])[O][Mo](=[O])(=[O])[OH])[O][Mo](=[O])(=[O])[O][Mo](=[O])(=[O])[O][Mo](=[O])(=[O])[O][Mo](=[O])(=[O])[OH].[O]=[Cu]. The van der Waals surface area contributed by atoms with Crippen LogP contribution in [0.15, 0.2) is 0 Å². The van der Waals surface area contributed by atoms with Crippen molar-refractivity contribution >= 4 is 7.82 Å². The van der Waals surface area contributed by atoms with Crippen molar-refractivity contribution in [2.24, 2.45) is 0 Å². The summed E-state index contributed by atoms with van der Waals surface area (Å²) in [5, 5.41) is 0. The molecule has 0 bridgehead atoms. The topological polar surface area (TPSA) is 615 Å². The second-order valence-electron chi connectivity index (χ2n) is 6.24. The fourth-order valence-corrected chi connectivity index (χ4v) is 60.4. The van der Waals surface area contributed by atoms with Crippen LogP contribution >= 0.6 is 7.82 Å². The first kappa shape index (κ1) is 60.5. The predicted molar refractivity (Wildman–Crippen MR) is 44.4 cm³/mol. The molecule has 0 amide bonds. The molecule has 0 aromatic carbocycles. The van der Waals surface area contributed by atoms with Crippen molar-refractivity contribution in [2.75, 3.05) is 0 Å². The first-order valence-electron chi connectivity index (χ1n) is 8.90. The van der Waals surface area contributed by atoms with Gasteiger partial charge in [-0.3, -0.25) is 0 Å². The molecule has 0 aromatic heterocycles. The van der Waals surface area contributed by atoms with Crippen LogP contribution in [-0.2, 0) is 335 Å². The second kappa shape index (κ2) is 20.9. The van der Waals surface area contributed by atoms with Crippen LogP contribution in [0.3, 0.4) is 0 Å². The fourth-order valence-electron chi connectivity index (χ4n) is 1.41. The van der Waals surface area contributed by atoms with E-state index >= 15 is 0 Å². The average Bonchev–Trinajstić information content (AvgIpc) is 2.66. The summed E-state index contributed by atoms with van der Waals surface area (Å²) in [6.07, 6.45) is 0. The molecule has 0 spiro atoms. The maximum absolute atomic E-state index is 12.8. The molecule has 0 aromatic rings. The summed E-state index contributed by atoms with van der Waals surface area (Å²) in [4.78, 5) is 0. The molecule has 0 aliphatic carbocycles. The van der Waals surface area contributed by atoms with Gasteiger partial charge < -0.3 is 0 Å². The molecular formula is H3CuMo12O41P. The Kier molecular flexibility index (Phi) is 23.0. The van der Waals surface area contributed by atoms with E-state index in [-0.39, 0.29) is 0 Å². The zero-order valence-corrected chi connectivity index (χ0v) is 48.4. The summed E-state index contributed by atoms with van der Waals surface area (Å²) < 4.78 is 355. The molecule has 0 aliphatic heterocycles. The number of rotatable bonds is 24. The van der Waals surface area contributed by atoms with Crippen molar-refractivity contribution in [2.45, 2.75) is 0 Å². The maximum atomic E-state index is 12.8. The van der Waals surface area contributed by atoms with Gasteiger partial charge in [0.1, 0.15) is 0 Å². The van der Waals surface area contributed by atoms with E-state index in [0.29, 0.717) is 0 Å². The van der Waals surface area contributed by atoms with Gasteiger partial charge in [-0.2, -0.15) is 0 Å². The summed E-state index contributed by atoms with van der Waals surface area (Å²) in [5.74, 6) is 0. The van der Waals surface area contributed by atoms with Gasteiger partial charge in [-0.15, -0.1) is 0 Å². The van der Waals surface area contributed by atoms with Crippen LogP contribution < -0.4 is 0 Å². The Labute approximate surface area is 347 Å². The van der Waals surface area contributed by atoms with E-state index in [0.717, 1.165) is 0 Å². The summed E-state index contributed by atoms with van der Waals surface area (Å²) in [6.45, 7) is 0. The van der Waals surface area contributed by atoms with Gasteiger partial charge in [0.15, 0.2) is 0 Å². The van der Waals surface area contributed by atoms with Gasteiger partial charge in [-0.05, 0) is 0 Å². The molecule has 0 heterocycles. The molecule has 0 fully saturated rings. The standard InChI is InChI=1S/Cu.12Mo.H3O4P.3H2O.34O/c;;;;;;;;;;;;;1-5(2,3)4;;;;;;;;;;;;;;;;;;;;;;;;;;;;;;;;;;;;;/h;;;;;;;;;;;;;(H3,1,2,3,4);3*1H2;;;;;;;;;;;;;;;;;;;;;;;;;;;;;;;;;;/q;;;;;;;6*+1;;;;;;;;;;;;;;;;;;;;;;;;;;;;;;;;;;;;;;/p-6. The molecule has 0 aliphatic rings. The molecule has 0 radical (unpaired) electrons. The second-order valence-corrected chi connectivity index (χ2v) is 56.1. The van der Waals surface area contributed by atoms with E-state index in [9.17, 15) is 86.1 Å². The van der Waals surface area contributed by atoms with E-state index in [2.05, 4.69) is 43.9 Å². The molecule has 0 saturated heterocycles. The van der Waals surface area contributed by atoms with E-state index in [1.54, 1.807) is 0 Å². The van der Waals surface area contributed by atoms with Gasteiger partial charge in [0.25, 0.3) is 0 Å². The number of phosphoric acid groups is 1. The summed E-state index contributed by atoms with van der Waals surface area (Å²) in [5.41, 5.74) is 0. The van der Waals surface area contributed by atoms with Crippen LogP contribution in [0.1, 0.15) is 0 Å². The third-order valence-corrected chi connectivity index (χ3v) is 62.5. The minimum atomic E-state index is -8.79. The van der Waals surface area contributed by atoms with Crippen LogP contribution in [0.4, 0.5) is 0 Å². The molecule has 0 atom stereocenters. The Morgan fingerprint density at radius 3 is 0.545 bits per heavy atom.